The molecule has 1 aromatic rings. The van der Waals surface area contributed by atoms with Gasteiger partial charge in [-0.15, -0.1) is 12.4 Å². The molecule has 0 heterocycles. The van der Waals surface area contributed by atoms with E-state index in [1.54, 1.807) is 0 Å². The van der Waals surface area contributed by atoms with Gasteiger partial charge in [0.2, 0.25) is 0 Å². The summed E-state index contributed by atoms with van der Waals surface area (Å²) in [4.78, 5) is 0. The normalized spacial score (nSPS) is 11.9. The summed E-state index contributed by atoms with van der Waals surface area (Å²) in [6.07, 6.45) is 0.979. The fourth-order valence-electron chi connectivity index (χ4n) is 1.19. The Morgan fingerprint density at radius 1 is 1.33 bits per heavy atom. The van der Waals surface area contributed by atoms with Crippen molar-refractivity contribution in [3.05, 3.63) is 35.4 Å². The van der Waals surface area contributed by atoms with Crippen LogP contribution in [0, 0.1) is 6.92 Å². The predicted molar refractivity (Wildman–Crippen MR) is 55.8 cm³/mol. The van der Waals surface area contributed by atoms with Crippen LogP contribution in [0.1, 0.15) is 18.1 Å². The standard InChI is InChI=1S/C10H15N.ClH/c1-8-5-3-4-6-10(8)7-9(2)11;/h3-6,9H,7,11H2,1-2H3;1H/t9-;/m1./s1. The molecular formula is C10H16ClN. The van der Waals surface area contributed by atoms with E-state index in [1.807, 2.05) is 6.92 Å². The van der Waals surface area contributed by atoms with Crippen LogP contribution in [0.3, 0.4) is 0 Å². The number of nitrogens with two attached hydrogens (primary N) is 1. The quantitative estimate of drug-likeness (QED) is 0.752. The Bertz CT molecular complexity index is 233. The van der Waals surface area contributed by atoms with E-state index in [4.69, 9.17) is 5.73 Å². The van der Waals surface area contributed by atoms with Crippen molar-refractivity contribution in [3.8, 4) is 0 Å². The summed E-state index contributed by atoms with van der Waals surface area (Å²) in [5.74, 6) is 0. The lowest BCUT2D eigenvalue weighted by Crippen LogP contribution is -2.18. The lowest BCUT2D eigenvalue weighted by Gasteiger charge is -2.07. The number of aryl methyl sites for hydroxylation is 1. The van der Waals surface area contributed by atoms with Crippen LogP contribution in [0.15, 0.2) is 24.3 Å². The van der Waals surface area contributed by atoms with Gasteiger partial charge in [0.15, 0.2) is 0 Å². The maximum Gasteiger partial charge on any atom is 0.00510 e. The number of hydrogen-bond acceptors (Lipinski definition) is 1. The molecule has 0 spiro atoms. The third-order valence-electron chi connectivity index (χ3n) is 1.80. The Labute approximate surface area is 80.4 Å². The Morgan fingerprint density at radius 2 is 1.92 bits per heavy atom. The van der Waals surface area contributed by atoms with Gasteiger partial charge in [0.05, 0.1) is 0 Å². The second-order valence-corrected chi connectivity index (χ2v) is 3.11. The summed E-state index contributed by atoms with van der Waals surface area (Å²) in [6.45, 7) is 4.16. The van der Waals surface area contributed by atoms with Gasteiger partial charge >= 0.3 is 0 Å². The molecule has 1 aromatic carbocycles. The first-order chi connectivity index (χ1) is 5.20. The molecule has 0 aliphatic rings. The van der Waals surface area contributed by atoms with Crippen LogP contribution in [0.2, 0.25) is 0 Å². The van der Waals surface area contributed by atoms with Crippen LogP contribution in [0.25, 0.3) is 0 Å². The zero-order valence-corrected chi connectivity index (χ0v) is 8.40. The molecule has 0 saturated heterocycles. The minimum atomic E-state index is 0. The van der Waals surface area contributed by atoms with E-state index < -0.39 is 0 Å². The summed E-state index contributed by atoms with van der Waals surface area (Å²) in [7, 11) is 0. The first kappa shape index (κ1) is 11.5. The van der Waals surface area contributed by atoms with Gasteiger partial charge in [0.25, 0.3) is 0 Å². The summed E-state index contributed by atoms with van der Waals surface area (Å²) >= 11 is 0. The molecule has 0 amide bonds. The molecule has 2 heteroatoms. The van der Waals surface area contributed by atoms with E-state index in [1.165, 1.54) is 11.1 Å². The van der Waals surface area contributed by atoms with Crippen molar-refractivity contribution in [2.24, 2.45) is 5.73 Å². The van der Waals surface area contributed by atoms with E-state index in [2.05, 4.69) is 31.2 Å². The Morgan fingerprint density at radius 3 is 2.42 bits per heavy atom. The van der Waals surface area contributed by atoms with Crippen LogP contribution in [-0.4, -0.2) is 6.04 Å². The third-order valence-corrected chi connectivity index (χ3v) is 1.80. The SMILES string of the molecule is Cc1ccccc1C[C@@H](C)N.Cl. The van der Waals surface area contributed by atoms with E-state index >= 15 is 0 Å². The summed E-state index contributed by atoms with van der Waals surface area (Å²) in [5.41, 5.74) is 8.39. The van der Waals surface area contributed by atoms with Crippen LogP contribution >= 0.6 is 12.4 Å². The van der Waals surface area contributed by atoms with E-state index in [9.17, 15) is 0 Å². The average Bonchev–Trinajstić information content (AvgIpc) is 1.93. The maximum atomic E-state index is 5.69. The first-order valence-corrected chi connectivity index (χ1v) is 4.00. The Balaban J connectivity index is 0.00000121. The maximum absolute atomic E-state index is 5.69. The van der Waals surface area contributed by atoms with Gasteiger partial charge in [-0.05, 0) is 31.4 Å². The van der Waals surface area contributed by atoms with Crippen LogP contribution < -0.4 is 5.73 Å². The predicted octanol–water partition coefficient (Wildman–Crippen LogP) is 2.31. The molecule has 0 aliphatic heterocycles. The molecule has 0 unspecified atom stereocenters. The van der Waals surface area contributed by atoms with Crippen molar-refractivity contribution >= 4 is 12.4 Å². The van der Waals surface area contributed by atoms with Gasteiger partial charge in [-0.2, -0.15) is 0 Å². The number of rotatable bonds is 2. The molecular weight excluding hydrogens is 170 g/mol. The third kappa shape index (κ3) is 3.24. The van der Waals surface area contributed by atoms with Crippen molar-refractivity contribution in [3.63, 3.8) is 0 Å². The van der Waals surface area contributed by atoms with E-state index in [-0.39, 0.29) is 18.4 Å². The molecule has 2 N–H and O–H groups in total. The second kappa shape index (κ2) is 5.18. The highest BCUT2D eigenvalue weighted by atomic mass is 35.5. The van der Waals surface area contributed by atoms with Crippen LogP contribution in [0.4, 0.5) is 0 Å². The summed E-state index contributed by atoms with van der Waals surface area (Å²) in [5, 5.41) is 0. The topological polar surface area (TPSA) is 26.0 Å². The second-order valence-electron chi connectivity index (χ2n) is 3.11. The van der Waals surface area contributed by atoms with Crippen LogP contribution in [-0.2, 0) is 6.42 Å². The fraction of sp³-hybridized carbons (Fsp3) is 0.400. The number of halogens is 1. The number of hydrogen-bond donors (Lipinski definition) is 1. The number of benzene rings is 1. The van der Waals surface area contributed by atoms with Gasteiger partial charge in [-0.25, -0.2) is 0 Å². The Hall–Kier alpha value is -0.530. The van der Waals surface area contributed by atoms with Crippen molar-refractivity contribution in [1.29, 1.82) is 0 Å². The monoisotopic (exact) mass is 185 g/mol. The van der Waals surface area contributed by atoms with Crippen molar-refractivity contribution in [2.75, 3.05) is 0 Å². The average molecular weight is 186 g/mol. The van der Waals surface area contributed by atoms with E-state index in [0.717, 1.165) is 6.42 Å². The smallest absolute Gasteiger partial charge is 0.00510 e. The van der Waals surface area contributed by atoms with Crippen molar-refractivity contribution < 1.29 is 0 Å². The molecule has 1 nitrogen and oxygen atoms in total. The molecule has 0 aromatic heterocycles. The highest BCUT2D eigenvalue weighted by Crippen LogP contribution is 2.08. The van der Waals surface area contributed by atoms with Crippen LogP contribution in [0.5, 0.6) is 0 Å². The molecule has 0 fully saturated rings. The molecule has 0 radical (unpaired) electrons. The highest BCUT2D eigenvalue weighted by molar-refractivity contribution is 5.85. The molecule has 1 atom stereocenters. The summed E-state index contributed by atoms with van der Waals surface area (Å²) < 4.78 is 0. The van der Waals surface area contributed by atoms with Gasteiger partial charge in [0, 0.05) is 6.04 Å². The lowest BCUT2D eigenvalue weighted by molar-refractivity contribution is 0.735. The molecule has 1 rings (SSSR count). The van der Waals surface area contributed by atoms with E-state index in [0.29, 0.717) is 0 Å². The first-order valence-electron chi connectivity index (χ1n) is 4.00. The van der Waals surface area contributed by atoms with Gasteiger partial charge in [0.1, 0.15) is 0 Å². The fourth-order valence-corrected chi connectivity index (χ4v) is 1.19. The largest absolute Gasteiger partial charge is 0.328 e. The lowest BCUT2D eigenvalue weighted by atomic mass is 10.0. The molecule has 0 aliphatic carbocycles. The zero-order chi connectivity index (χ0) is 8.27. The zero-order valence-electron chi connectivity index (χ0n) is 7.58. The molecule has 0 saturated carbocycles. The van der Waals surface area contributed by atoms with Gasteiger partial charge in [-0.1, -0.05) is 24.3 Å². The molecule has 68 valence electrons. The minimum absolute atomic E-state index is 0. The minimum Gasteiger partial charge on any atom is -0.328 e. The molecule has 0 bridgehead atoms. The highest BCUT2D eigenvalue weighted by Gasteiger charge is 1.99. The van der Waals surface area contributed by atoms with Crippen molar-refractivity contribution in [1.82, 2.24) is 0 Å². The Kier molecular flexibility index (Phi) is 4.95. The van der Waals surface area contributed by atoms with Gasteiger partial charge in [-0.3, -0.25) is 0 Å². The molecule has 12 heavy (non-hydrogen) atoms. The van der Waals surface area contributed by atoms with Gasteiger partial charge < -0.3 is 5.73 Å². The summed E-state index contributed by atoms with van der Waals surface area (Å²) in [6, 6.07) is 8.64. The van der Waals surface area contributed by atoms with Crippen molar-refractivity contribution in [2.45, 2.75) is 26.3 Å².